The van der Waals surface area contributed by atoms with E-state index < -0.39 is 16.1 Å². The minimum atomic E-state index is -3.38. The van der Waals surface area contributed by atoms with Gasteiger partial charge in [0.25, 0.3) is 0 Å². The summed E-state index contributed by atoms with van der Waals surface area (Å²) in [5.41, 5.74) is 1.74. The van der Waals surface area contributed by atoms with E-state index in [1.807, 2.05) is 32.0 Å². The highest BCUT2D eigenvalue weighted by Crippen LogP contribution is 2.10. The summed E-state index contributed by atoms with van der Waals surface area (Å²) in [5, 5.41) is 9.51. The van der Waals surface area contributed by atoms with Gasteiger partial charge in [-0.25, -0.2) is 13.1 Å². The predicted octanol–water partition coefficient (Wildman–Crippen LogP) is 1.58. The molecule has 0 fully saturated rings. The van der Waals surface area contributed by atoms with Crippen LogP contribution in [0.15, 0.2) is 24.3 Å². The molecule has 0 saturated heterocycles. The van der Waals surface area contributed by atoms with Crippen LogP contribution < -0.4 is 4.72 Å². The summed E-state index contributed by atoms with van der Waals surface area (Å²) >= 11 is 0. The molecule has 0 saturated carbocycles. The maximum Gasteiger partial charge on any atom is 0.215 e. The molecule has 0 aliphatic rings. The van der Waals surface area contributed by atoms with Crippen molar-refractivity contribution in [3.05, 3.63) is 35.4 Å². The molecule has 1 unspecified atom stereocenters. The van der Waals surface area contributed by atoms with E-state index in [1.54, 1.807) is 6.07 Å². The van der Waals surface area contributed by atoms with Crippen molar-refractivity contribution in [2.45, 2.75) is 38.5 Å². The maximum atomic E-state index is 11.8. The first kappa shape index (κ1) is 15.1. The average molecular weight is 271 g/mol. The molecule has 4 nitrogen and oxygen atoms in total. The Kier molecular flexibility index (Phi) is 5.78. The van der Waals surface area contributed by atoms with Gasteiger partial charge in [0.2, 0.25) is 10.0 Å². The van der Waals surface area contributed by atoms with Gasteiger partial charge in [0.15, 0.2) is 0 Å². The Morgan fingerprint density at radius 3 is 2.61 bits per heavy atom. The molecule has 0 amide bonds. The summed E-state index contributed by atoms with van der Waals surface area (Å²) in [6.45, 7) is 3.92. The Bertz CT molecular complexity index is 471. The van der Waals surface area contributed by atoms with Crippen molar-refractivity contribution in [3.8, 4) is 0 Å². The maximum absolute atomic E-state index is 11.8. The van der Waals surface area contributed by atoms with Gasteiger partial charge in [-0.1, -0.05) is 37.6 Å². The van der Waals surface area contributed by atoms with Crippen LogP contribution in [0.4, 0.5) is 0 Å². The van der Waals surface area contributed by atoms with E-state index in [-0.39, 0.29) is 12.3 Å². The fraction of sp³-hybridized carbons (Fsp3) is 0.538. The van der Waals surface area contributed by atoms with Gasteiger partial charge in [-0.3, -0.25) is 0 Å². The smallest absolute Gasteiger partial charge is 0.215 e. The third-order valence-corrected chi connectivity index (χ3v) is 4.07. The molecule has 1 aromatic carbocycles. The fourth-order valence-corrected chi connectivity index (χ4v) is 2.97. The lowest BCUT2D eigenvalue weighted by molar-refractivity contribution is 0.167. The molecule has 2 N–H and O–H groups in total. The molecule has 18 heavy (non-hydrogen) atoms. The minimum Gasteiger partial charge on any atom is -0.392 e. The first-order valence-electron chi connectivity index (χ1n) is 6.14. The Morgan fingerprint density at radius 2 is 2.00 bits per heavy atom. The molecular weight excluding hydrogens is 250 g/mol. The highest BCUT2D eigenvalue weighted by atomic mass is 32.2. The van der Waals surface area contributed by atoms with Crippen molar-refractivity contribution in [1.82, 2.24) is 4.72 Å². The van der Waals surface area contributed by atoms with E-state index in [0.717, 1.165) is 17.5 Å². The summed E-state index contributed by atoms with van der Waals surface area (Å²) in [5.74, 6) is -0.0431. The molecule has 0 spiro atoms. The molecule has 1 atom stereocenters. The van der Waals surface area contributed by atoms with Gasteiger partial charge in [-0.2, -0.15) is 0 Å². The van der Waals surface area contributed by atoms with E-state index in [4.69, 9.17) is 0 Å². The van der Waals surface area contributed by atoms with Gasteiger partial charge in [0, 0.05) is 6.54 Å². The molecule has 0 radical (unpaired) electrons. The highest BCUT2D eigenvalue weighted by molar-refractivity contribution is 7.88. The van der Waals surface area contributed by atoms with Crippen LogP contribution in [0.3, 0.4) is 0 Å². The summed E-state index contributed by atoms with van der Waals surface area (Å²) in [6, 6.07) is 7.39. The van der Waals surface area contributed by atoms with Crippen molar-refractivity contribution >= 4 is 10.0 Å². The van der Waals surface area contributed by atoms with Crippen LogP contribution >= 0.6 is 0 Å². The SMILES string of the molecule is CCCC(O)CNS(=O)(=O)Cc1ccccc1C. The van der Waals surface area contributed by atoms with Crippen molar-refractivity contribution < 1.29 is 13.5 Å². The van der Waals surface area contributed by atoms with E-state index >= 15 is 0 Å². The Labute approximate surface area is 109 Å². The fourth-order valence-electron chi connectivity index (χ4n) is 1.69. The Morgan fingerprint density at radius 1 is 1.33 bits per heavy atom. The van der Waals surface area contributed by atoms with Crippen molar-refractivity contribution in [2.75, 3.05) is 6.54 Å². The lowest BCUT2D eigenvalue weighted by Gasteiger charge is -2.12. The molecule has 0 aliphatic heterocycles. The van der Waals surface area contributed by atoms with Gasteiger partial charge in [0.05, 0.1) is 11.9 Å². The number of benzene rings is 1. The first-order valence-corrected chi connectivity index (χ1v) is 7.79. The molecule has 102 valence electrons. The average Bonchev–Trinajstić information content (AvgIpc) is 2.30. The van der Waals surface area contributed by atoms with Crippen molar-refractivity contribution in [3.63, 3.8) is 0 Å². The number of sulfonamides is 1. The highest BCUT2D eigenvalue weighted by Gasteiger charge is 2.14. The van der Waals surface area contributed by atoms with E-state index in [0.29, 0.717) is 6.42 Å². The number of aliphatic hydroxyl groups is 1. The third kappa shape index (κ3) is 5.16. The predicted molar refractivity (Wildman–Crippen MR) is 72.7 cm³/mol. The topological polar surface area (TPSA) is 66.4 Å². The van der Waals surface area contributed by atoms with Crippen LogP contribution in [0.5, 0.6) is 0 Å². The second-order valence-corrected chi connectivity index (χ2v) is 6.28. The van der Waals surface area contributed by atoms with Gasteiger partial charge >= 0.3 is 0 Å². The Balaban J connectivity index is 2.58. The number of aliphatic hydroxyl groups excluding tert-OH is 1. The van der Waals surface area contributed by atoms with Gasteiger partial charge in [0.1, 0.15) is 0 Å². The van der Waals surface area contributed by atoms with Crippen LogP contribution in [-0.4, -0.2) is 26.2 Å². The summed E-state index contributed by atoms with van der Waals surface area (Å²) in [4.78, 5) is 0. The lowest BCUT2D eigenvalue weighted by atomic mass is 10.1. The molecule has 0 aromatic heterocycles. The molecule has 0 bridgehead atoms. The Hall–Kier alpha value is -0.910. The molecule has 5 heteroatoms. The first-order chi connectivity index (χ1) is 8.44. The number of nitrogens with one attached hydrogen (secondary N) is 1. The molecule has 0 aliphatic carbocycles. The van der Waals surface area contributed by atoms with E-state index in [2.05, 4.69) is 4.72 Å². The van der Waals surface area contributed by atoms with Gasteiger partial charge in [-0.15, -0.1) is 0 Å². The zero-order valence-electron chi connectivity index (χ0n) is 10.9. The third-order valence-electron chi connectivity index (χ3n) is 2.77. The van der Waals surface area contributed by atoms with Gasteiger partial charge < -0.3 is 5.11 Å². The second-order valence-electron chi connectivity index (χ2n) is 4.48. The van der Waals surface area contributed by atoms with Crippen LogP contribution in [0.25, 0.3) is 0 Å². The zero-order chi connectivity index (χ0) is 13.6. The number of rotatable bonds is 7. The standard InChI is InChI=1S/C13H21NO3S/c1-3-6-13(15)9-14-18(16,17)10-12-8-5-4-7-11(12)2/h4-5,7-8,13-15H,3,6,9-10H2,1-2H3. The number of hydrogen-bond donors (Lipinski definition) is 2. The van der Waals surface area contributed by atoms with Gasteiger partial charge in [-0.05, 0) is 24.5 Å². The number of aryl methyl sites for hydroxylation is 1. The zero-order valence-corrected chi connectivity index (χ0v) is 11.7. The van der Waals surface area contributed by atoms with Crippen LogP contribution in [-0.2, 0) is 15.8 Å². The molecule has 0 heterocycles. The van der Waals surface area contributed by atoms with Crippen molar-refractivity contribution in [1.29, 1.82) is 0 Å². The van der Waals surface area contributed by atoms with Crippen LogP contribution in [0, 0.1) is 6.92 Å². The lowest BCUT2D eigenvalue weighted by Crippen LogP contribution is -2.33. The summed E-state index contributed by atoms with van der Waals surface area (Å²) in [7, 11) is -3.38. The molecular formula is C13H21NO3S. The quantitative estimate of drug-likeness (QED) is 0.791. The second kappa shape index (κ2) is 6.87. The van der Waals surface area contributed by atoms with E-state index in [1.165, 1.54) is 0 Å². The normalized spacial score (nSPS) is 13.5. The van der Waals surface area contributed by atoms with E-state index in [9.17, 15) is 13.5 Å². The minimum absolute atomic E-state index is 0.0431. The molecule has 1 rings (SSSR count). The summed E-state index contributed by atoms with van der Waals surface area (Å²) < 4.78 is 26.1. The summed E-state index contributed by atoms with van der Waals surface area (Å²) in [6.07, 6.45) is 0.828. The van der Waals surface area contributed by atoms with Crippen molar-refractivity contribution in [2.24, 2.45) is 0 Å². The monoisotopic (exact) mass is 271 g/mol. The number of hydrogen-bond acceptors (Lipinski definition) is 3. The molecule has 1 aromatic rings. The largest absolute Gasteiger partial charge is 0.392 e. The van der Waals surface area contributed by atoms with Crippen LogP contribution in [0.2, 0.25) is 0 Å². The van der Waals surface area contributed by atoms with Crippen LogP contribution in [0.1, 0.15) is 30.9 Å².